The molecule has 0 unspecified atom stereocenters. The van der Waals surface area contributed by atoms with Gasteiger partial charge in [0.15, 0.2) is 5.82 Å². The van der Waals surface area contributed by atoms with Crippen molar-refractivity contribution in [3.8, 4) is 0 Å². The highest BCUT2D eigenvalue weighted by Crippen LogP contribution is 2.30. The van der Waals surface area contributed by atoms with Gasteiger partial charge >= 0.3 is 0 Å². The highest BCUT2D eigenvalue weighted by Gasteiger charge is 2.16. The van der Waals surface area contributed by atoms with Gasteiger partial charge in [-0.25, -0.2) is 4.98 Å². The topological polar surface area (TPSA) is 97.9 Å². The van der Waals surface area contributed by atoms with Gasteiger partial charge in [0.25, 0.3) is 0 Å². The van der Waals surface area contributed by atoms with Crippen molar-refractivity contribution in [3.63, 3.8) is 0 Å². The number of aromatic nitrogens is 3. The number of nitrogens with one attached hydrogen (secondary N) is 2. The summed E-state index contributed by atoms with van der Waals surface area (Å²) in [5.74, 6) is 0.839. The smallest absolute Gasteiger partial charge is 0.224 e. The number of nitrogens with zero attached hydrogens (tertiary/aromatic N) is 3. The predicted molar refractivity (Wildman–Crippen MR) is 81.0 cm³/mol. The fourth-order valence-electron chi connectivity index (χ4n) is 2.41. The van der Waals surface area contributed by atoms with Crippen LogP contribution in [0.3, 0.4) is 0 Å². The molecule has 0 spiro atoms. The molecule has 1 aromatic heterocycles. The Morgan fingerprint density at radius 2 is 2.29 bits per heavy atom. The zero-order chi connectivity index (χ0) is 14.8. The molecule has 4 N–H and O–H groups in total. The number of nitrogens with two attached hydrogens (primary N) is 1. The van der Waals surface area contributed by atoms with Gasteiger partial charge in [-0.15, -0.1) is 0 Å². The molecule has 0 fully saturated rings. The number of aryl methyl sites for hydroxylation is 2. The number of benzene rings is 1. The van der Waals surface area contributed by atoms with Crippen LogP contribution in [0.25, 0.3) is 0 Å². The van der Waals surface area contributed by atoms with Gasteiger partial charge in [0.05, 0.1) is 11.4 Å². The van der Waals surface area contributed by atoms with Gasteiger partial charge in [0.2, 0.25) is 5.91 Å². The molecule has 1 aliphatic heterocycles. The van der Waals surface area contributed by atoms with Crippen molar-refractivity contribution >= 4 is 23.0 Å². The van der Waals surface area contributed by atoms with E-state index in [2.05, 4.69) is 20.7 Å². The Hall–Kier alpha value is -2.57. The molecule has 0 atom stereocenters. The van der Waals surface area contributed by atoms with Crippen LogP contribution in [-0.2, 0) is 24.7 Å². The van der Waals surface area contributed by atoms with E-state index in [0.717, 1.165) is 29.2 Å². The zero-order valence-corrected chi connectivity index (χ0v) is 11.9. The number of nitrogen functional groups attached to an aromatic ring is 1. The first-order chi connectivity index (χ1) is 10.1. The summed E-state index contributed by atoms with van der Waals surface area (Å²) in [5.41, 5.74) is 9.50. The van der Waals surface area contributed by atoms with Crippen LogP contribution in [0.2, 0.25) is 0 Å². The van der Waals surface area contributed by atoms with Crippen molar-refractivity contribution in [2.75, 3.05) is 22.9 Å². The number of rotatable bonds is 4. The highest BCUT2D eigenvalue weighted by atomic mass is 16.1. The largest absolute Gasteiger partial charge is 0.397 e. The molecule has 1 aromatic carbocycles. The van der Waals surface area contributed by atoms with Crippen molar-refractivity contribution < 1.29 is 4.79 Å². The highest BCUT2D eigenvalue weighted by molar-refractivity contribution is 5.95. The predicted octanol–water partition coefficient (Wildman–Crippen LogP) is 0.937. The van der Waals surface area contributed by atoms with Crippen molar-refractivity contribution in [1.29, 1.82) is 0 Å². The molecular weight excluding hydrogens is 268 g/mol. The summed E-state index contributed by atoms with van der Waals surface area (Å²) in [6, 6.07) is 3.82. The maximum atomic E-state index is 11.4. The standard InChI is InChI=1S/C14H18N6O/c1-20-8-17-13(19-20)4-5-16-12-7-11-9(6-10(12)15)2-3-14(21)18-11/h6-8,16H,2-5,15H2,1H3,(H,18,21). The minimum absolute atomic E-state index is 0.0518. The third kappa shape index (κ3) is 2.96. The lowest BCUT2D eigenvalue weighted by Gasteiger charge is -2.19. The summed E-state index contributed by atoms with van der Waals surface area (Å²) in [5, 5.41) is 10.4. The minimum Gasteiger partial charge on any atom is -0.397 e. The van der Waals surface area contributed by atoms with Crippen LogP contribution in [0.4, 0.5) is 17.1 Å². The summed E-state index contributed by atoms with van der Waals surface area (Å²) in [7, 11) is 1.84. The Bertz CT molecular complexity index is 678. The van der Waals surface area contributed by atoms with Crippen LogP contribution in [-0.4, -0.2) is 27.2 Å². The van der Waals surface area contributed by atoms with E-state index in [1.54, 1.807) is 11.0 Å². The monoisotopic (exact) mass is 286 g/mol. The number of hydrogen-bond acceptors (Lipinski definition) is 5. The van der Waals surface area contributed by atoms with E-state index in [-0.39, 0.29) is 5.91 Å². The Balaban J connectivity index is 1.67. The first kappa shape index (κ1) is 13.4. The number of fused-ring (bicyclic) bond motifs is 1. The Morgan fingerprint density at radius 1 is 1.43 bits per heavy atom. The molecule has 21 heavy (non-hydrogen) atoms. The van der Waals surface area contributed by atoms with Crippen molar-refractivity contribution in [1.82, 2.24) is 14.8 Å². The van der Waals surface area contributed by atoms with Gasteiger partial charge in [-0.05, 0) is 24.1 Å². The molecule has 1 aliphatic rings. The molecule has 1 amide bonds. The molecule has 0 saturated carbocycles. The van der Waals surface area contributed by atoms with Gasteiger partial charge in [-0.3, -0.25) is 9.48 Å². The van der Waals surface area contributed by atoms with Crippen molar-refractivity contribution in [2.45, 2.75) is 19.3 Å². The first-order valence-electron chi connectivity index (χ1n) is 6.92. The van der Waals surface area contributed by atoms with Gasteiger partial charge in [0, 0.05) is 32.1 Å². The van der Waals surface area contributed by atoms with E-state index in [1.165, 1.54) is 0 Å². The average Bonchev–Trinajstić information content (AvgIpc) is 2.85. The van der Waals surface area contributed by atoms with Gasteiger partial charge < -0.3 is 16.4 Å². The second-order valence-corrected chi connectivity index (χ2v) is 5.16. The lowest BCUT2D eigenvalue weighted by molar-refractivity contribution is -0.116. The van der Waals surface area contributed by atoms with E-state index in [4.69, 9.17) is 5.73 Å². The summed E-state index contributed by atoms with van der Waals surface area (Å²) in [6.45, 7) is 0.681. The molecule has 2 aromatic rings. The van der Waals surface area contributed by atoms with Crippen LogP contribution in [0, 0.1) is 0 Å². The van der Waals surface area contributed by atoms with Crippen LogP contribution in [0.5, 0.6) is 0 Å². The third-order valence-electron chi connectivity index (χ3n) is 3.48. The van der Waals surface area contributed by atoms with Crippen LogP contribution >= 0.6 is 0 Å². The number of amides is 1. The van der Waals surface area contributed by atoms with Crippen LogP contribution in [0.15, 0.2) is 18.5 Å². The normalized spacial score (nSPS) is 13.7. The molecule has 0 radical (unpaired) electrons. The lowest BCUT2D eigenvalue weighted by Crippen LogP contribution is -2.19. The molecule has 0 aliphatic carbocycles. The Labute approximate surface area is 122 Å². The summed E-state index contributed by atoms with van der Waals surface area (Å²) in [6.07, 6.45) is 3.65. The fourth-order valence-corrected chi connectivity index (χ4v) is 2.41. The molecule has 110 valence electrons. The van der Waals surface area contributed by atoms with E-state index in [9.17, 15) is 4.79 Å². The van der Waals surface area contributed by atoms with Gasteiger partial charge in [-0.1, -0.05) is 0 Å². The van der Waals surface area contributed by atoms with Crippen molar-refractivity contribution in [2.24, 2.45) is 7.05 Å². The van der Waals surface area contributed by atoms with Crippen molar-refractivity contribution in [3.05, 3.63) is 29.8 Å². The van der Waals surface area contributed by atoms with Crippen LogP contribution < -0.4 is 16.4 Å². The summed E-state index contributed by atoms with van der Waals surface area (Å²) >= 11 is 0. The molecule has 0 bridgehead atoms. The maximum absolute atomic E-state index is 11.4. The Morgan fingerprint density at radius 3 is 3.05 bits per heavy atom. The zero-order valence-electron chi connectivity index (χ0n) is 11.9. The number of carbonyl (C=O) groups excluding carboxylic acids is 1. The van der Waals surface area contributed by atoms with E-state index < -0.39 is 0 Å². The summed E-state index contributed by atoms with van der Waals surface area (Å²) < 4.78 is 1.68. The van der Waals surface area contributed by atoms with Crippen LogP contribution in [0.1, 0.15) is 17.8 Å². The fraction of sp³-hybridized carbons (Fsp3) is 0.357. The number of carbonyl (C=O) groups is 1. The second kappa shape index (κ2) is 5.43. The average molecular weight is 286 g/mol. The van der Waals surface area contributed by atoms with Gasteiger partial charge in [-0.2, -0.15) is 5.10 Å². The van der Waals surface area contributed by atoms with E-state index in [0.29, 0.717) is 25.1 Å². The summed E-state index contributed by atoms with van der Waals surface area (Å²) in [4.78, 5) is 15.6. The Kier molecular flexibility index (Phi) is 3.47. The minimum atomic E-state index is 0.0518. The third-order valence-corrected chi connectivity index (χ3v) is 3.48. The number of anilines is 3. The second-order valence-electron chi connectivity index (χ2n) is 5.16. The lowest BCUT2D eigenvalue weighted by atomic mass is 10.0. The maximum Gasteiger partial charge on any atom is 0.224 e. The molecule has 0 saturated heterocycles. The van der Waals surface area contributed by atoms with E-state index in [1.807, 2.05) is 19.2 Å². The number of hydrogen-bond donors (Lipinski definition) is 3. The molecule has 7 heteroatoms. The molecule has 2 heterocycles. The molecular formula is C14H18N6O. The SMILES string of the molecule is Cn1cnc(CCNc2cc3c(cc2N)CCC(=O)N3)n1. The van der Waals surface area contributed by atoms with Gasteiger partial charge in [0.1, 0.15) is 6.33 Å². The molecule has 3 rings (SSSR count). The van der Waals surface area contributed by atoms with E-state index >= 15 is 0 Å². The quantitative estimate of drug-likeness (QED) is 0.727. The first-order valence-corrected chi connectivity index (χ1v) is 6.92. The molecule has 7 nitrogen and oxygen atoms in total.